The third-order valence-electron chi connectivity index (χ3n) is 3.06. The lowest BCUT2D eigenvalue weighted by atomic mass is 10.3. The van der Waals surface area contributed by atoms with Gasteiger partial charge in [-0.3, -0.25) is 4.79 Å². The maximum Gasteiger partial charge on any atom is 0.254 e. The Morgan fingerprint density at radius 3 is 2.89 bits per heavy atom. The van der Waals surface area contributed by atoms with Crippen LogP contribution >= 0.6 is 0 Å². The minimum absolute atomic E-state index is 0.0347. The van der Waals surface area contributed by atoms with Crippen LogP contribution < -0.4 is 0 Å². The lowest BCUT2D eigenvalue weighted by Gasteiger charge is -2.14. The van der Waals surface area contributed by atoms with Gasteiger partial charge in [-0.1, -0.05) is 18.2 Å². The van der Waals surface area contributed by atoms with E-state index in [1.54, 1.807) is 22.8 Å². The van der Waals surface area contributed by atoms with Crippen molar-refractivity contribution < 1.29 is 9.53 Å². The van der Waals surface area contributed by atoms with E-state index in [0.29, 0.717) is 13.2 Å². The van der Waals surface area contributed by atoms with Gasteiger partial charge in [-0.2, -0.15) is 5.10 Å². The van der Waals surface area contributed by atoms with Crippen molar-refractivity contribution in [2.75, 3.05) is 13.7 Å². The fourth-order valence-corrected chi connectivity index (χ4v) is 1.95. The Morgan fingerprint density at radius 1 is 1.47 bits per heavy atom. The summed E-state index contributed by atoms with van der Waals surface area (Å²) >= 11 is 0. The normalized spacial score (nSPS) is 17.2. The van der Waals surface area contributed by atoms with E-state index in [-0.39, 0.29) is 12.0 Å². The number of carbonyl (C=O) groups excluding carboxylic acids is 1. The molecule has 1 atom stereocenters. The van der Waals surface area contributed by atoms with E-state index in [0.717, 1.165) is 11.3 Å². The van der Waals surface area contributed by atoms with Crippen molar-refractivity contribution in [3.63, 3.8) is 0 Å². The summed E-state index contributed by atoms with van der Waals surface area (Å²) in [5.74, 6) is 0.0347. The van der Waals surface area contributed by atoms with Crippen LogP contribution in [0.1, 0.15) is 5.56 Å². The Kier molecular flexibility index (Phi) is 3.05. The van der Waals surface area contributed by atoms with E-state index < -0.39 is 0 Å². The van der Waals surface area contributed by atoms with E-state index in [1.807, 2.05) is 36.5 Å². The molecule has 0 bridgehead atoms. The second-order valence-electron chi connectivity index (χ2n) is 4.64. The van der Waals surface area contributed by atoms with E-state index >= 15 is 0 Å². The molecule has 1 amide bonds. The molecule has 1 aliphatic rings. The van der Waals surface area contributed by atoms with Gasteiger partial charge in [0.2, 0.25) is 0 Å². The molecule has 1 fully saturated rings. The van der Waals surface area contributed by atoms with Gasteiger partial charge in [0.25, 0.3) is 5.91 Å². The predicted octanol–water partition coefficient (Wildman–Crippen LogP) is 1.23. The molecule has 2 heterocycles. The van der Waals surface area contributed by atoms with Crippen molar-refractivity contribution >= 4 is 5.91 Å². The fraction of sp³-hybridized carbons (Fsp3) is 0.286. The minimum atomic E-state index is -0.228. The molecule has 5 nitrogen and oxygen atoms in total. The molecule has 0 radical (unpaired) electrons. The molecule has 1 aromatic heterocycles. The number of benzene rings is 1. The first-order chi connectivity index (χ1) is 9.24. The summed E-state index contributed by atoms with van der Waals surface area (Å²) in [6.07, 6.45) is 3.49. The van der Waals surface area contributed by atoms with Crippen molar-refractivity contribution in [2.45, 2.75) is 12.6 Å². The van der Waals surface area contributed by atoms with Gasteiger partial charge >= 0.3 is 0 Å². The van der Waals surface area contributed by atoms with Crippen molar-refractivity contribution in [2.24, 2.45) is 0 Å². The van der Waals surface area contributed by atoms with Crippen LogP contribution in [-0.2, 0) is 16.1 Å². The van der Waals surface area contributed by atoms with Crippen LogP contribution in [0.5, 0.6) is 0 Å². The Labute approximate surface area is 111 Å². The Hall–Kier alpha value is -2.14. The van der Waals surface area contributed by atoms with Crippen LogP contribution in [0.2, 0.25) is 0 Å². The van der Waals surface area contributed by atoms with Crippen LogP contribution in [0.25, 0.3) is 5.69 Å². The standard InChI is InChI=1S/C14H15N3O2/c1-16(14(18)13-10-19-13)8-11-7-15-17(9-11)12-5-3-2-4-6-12/h2-7,9,13H,8,10H2,1H3. The molecule has 1 unspecified atom stereocenters. The molecule has 3 rings (SSSR count). The molecule has 1 aliphatic heterocycles. The second kappa shape index (κ2) is 4.85. The first kappa shape index (κ1) is 11.9. The van der Waals surface area contributed by atoms with Gasteiger partial charge in [0.1, 0.15) is 0 Å². The number of ether oxygens (including phenoxy) is 1. The average Bonchev–Trinajstić information content (AvgIpc) is 3.19. The lowest BCUT2D eigenvalue weighted by Crippen LogP contribution is -2.30. The smallest absolute Gasteiger partial charge is 0.254 e. The highest BCUT2D eigenvalue weighted by Gasteiger charge is 2.33. The summed E-state index contributed by atoms with van der Waals surface area (Å²) in [6, 6.07) is 9.89. The molecule has 19 heavy (non-hydrogen) atoms. The number of hydrogen-bond donors (Lipinski definition) is 0. The molecule has 0 saturated carbocycles. The first-order valence-electron chi connectivity index (χ1n) is 6.19. The number of nitrogens with zero attached hydrogens (tertiary/aromatic N) is 3. The number of para-hydroxylation sites is 1. The number of rotatable bonds is 4. The van der Waals surface area contributed by atoms with Gasteiger partial charge in [-0.15, -0.1) is 0 Å². The van der Waals surface area contributed by atoms with Gasteiger partial charge in [0.15, 0.2) is 6.10 Å². The maximum atomic E-state index is 11.8. The minimum Gasteiger partial charge on any atom is -0.363 e. The highest BCUT2D eigenvalue weighted by Crippen LogP contribution is 2.14. The van der Waals surface area contributed by atoms with Crippen LogP contribution in [-0.4, -0.2) is 40.3 Å². The number of aromatic nitrogens is 2. The third kappa shape index (κ3) is 2.66. The summed E-state index contributed by atoms with van der Waals surface area (Å²) in [4.78, 5) is 13.4. The van der Waals surface area contributed by atoms with Gasteiger partial charge in [0.05, 0.1) is 18.5 Å². The summed E-state index contributed by atoms with van der Waals surface area (Å²) in [5, 5.41) is 4.31. The summed E-state index contributed by atoms with van der Waals surface area (Å²) in [7, 11) is 1.78. The third-order valence-corrected chi connectivity index (χ3v) is 3.06. The second-order valence-corrected chi connectivity index (χ2v) is 4.64. The fourth-order valence-electron chi connectivity index (χ4n) is 1.95. The zero-order chi connectivity index (χ0) is 13.2. The van der Waals surface area contributed by atoms with Gasteiger partial charge < -0.3 is 9.64 Å². The molecule has 98 valence electrons. The number of likely N-dealkylation sites (N-methyl/N-ethyl adjacent to an activating group) is 1. The molecule has 1 aromatic carbocycles. The highest BCUT2D eigenvalue weighted by molar-refractivity contribution is 5.82. The molecule has 0 N–H and O–H groups in total. The Balaban J connectivity index is 1.69. The molecule has 2 aromatic rings. The SMILES string of the molecule is CN(Cc1cnn(-c2ccccc2)c1)C(=O)C1CO1. The van der Waals surface area contributed by atoms with Crippen molar-refractivity contribution in [1.82, 2.24) is 14.7 Å². The van der Waals surface area contributed by atoms with Gasteiger partial charge in [0, 0.05) is 25.4 Å². The predicted molar refractivity (Wildman–Crippen MR) is 69.8 cm³/mol. The maximum absolute atomic E-state index is 11.8. The van der Waals surface area contributed by atoms with E-state index in [4.69, 9.17) is 4.74 Å². The molecule has 1 saturated heterocycles. The number of carbonyl (C=O) groups is 1. The van der Waals surface area contributed by atoms with E-state index in [1.165, 1.54) is 0 Å². The topological polar surface area (TPSA) is 50.7 Å². The monoisotopic (exact) mass is 257 g/mol. The van der Waals surface area contributed by atoms with Crippen molar-refractivity contribution in [1.29, 1.82) is 0 Å². The Morgan fingerprint density at radius 2 is 2.21 bits per heavy atom. The molecule has 0 spiro atoms. The summed E-state index contributed by atoms with van der Waals surface area (Å²) in [6.45, 7) is 1.10. The quantitative estimate of drug-likeness (QED) is 0.774. The number of amides is 1. The summed E-state index contributed by atoms with van der Waals surface area (Å²) < 4.78 is 6.80. The molecular weight excluding hydrogens is 242 g/mol. The van der Waals surface area contributed by atoms with Crippen LogP contribution in [0.4, 0.5) is 0 Å². The zero-order valence-corrected chi connectivity index (χ0v) is 10.7. The van der Waals surface area contributed by atoms with Crippen LogP contribution in [0, 0.1) is 0 Å². The highest BCUT2D eigenvalue weighted by atomic mass is 16.6. The Bertz CT molecular complexity index is 575. The van der Waals surface area contributed by atoms with Crippen LogP contribution in [0.15, 0.2) is 42.7 Å². The lowest BCUT2D eigenvalue weighted by molar-refractivity contribution is -0.131. The zero-order valence-electron chi connectivity index (χ0n) is 10.7. The van der Waals surface area contributed by atoms with Gasteiger partial charge in [-0.05, 0) is 12.1 Å². The molecular formula is C14H15N3O2. The molecule has 5 heteroatoms. The van der Waals surface area contributed by atoms with E-state index in [9.17, 15) is 4.79 Å². The van der Waals surface area contributed by atoms with Crippen molar-refractivity contribution in [3.05, 3.63) is 48.3 Å². The number of hydrogen-bond acceptors (Lipinski definition) is 3. The largest absolute Gasteiger partial charge is 0.363 e. The summed E-state index contributed by atoms with van der Waals surface area (Å²) in [5.41, 5.74) is 2.01. The van der Waals surface area contributed by atoms with E-state index in [2.05, 4.69) is 5.10 Å². The van der Waals surface area contributed by atoms with Gasteiger partial charge in [-0.25, -0.2) is 4.68 Å². The first-order valence-corrected chi connectivity index (χ1v) is 6.19. The van der Waals surface area contributed by atoms with Crippen molar-refractivity contribution in [3.8, 4) is 5.69 Å². The average molecular weight is 257 g/mol. The van der Waals surface area contributed by atoms with Crippen LogP contribution in [0.3, 0.4) is 0 Å². The molecule has 0 aliphatic carbocycles. The number of epoxide rings is 1.